The van der Waals surface area contributed by atoms with Crippen LogP contribution in [-0.2, 0) is 4.74 Å². The first kappa shape index (κ1) is 8.34. The lowest BCUT2D eigenvalue weighted by molar-refractivity contribution is 0.226. The molecule has 0 spiro atoms. The Morgan fingerprint density at radius 1 is 1.73 bits per heavy atom. The van der Waals surface area contributed by atoms with Gasteiger partial charge in [0.25, 0.3) is 0 Å². The van der Waals surface area contributed by atoms with Crippen LogP contribution in [0, 0.1) is 0 Å². The molecule has 0 saturated carbocycles. The van der Waals surface area contributed by atoms with Crippen molar-refractivity contribution in [1.82, 2.24) is 0 Å². The molecule has 0 aliphatic carbocycles. The number of allylic oxidation sites excluding steroid dienone is 1. The van der Waals surface area contributed by atoms with E-state index in [1.807, 2.05) is 6.26 Å². The molecule has 0 aromatic rings. The van der Waals surface area contributed by atoms with Gasteiger partial charge in [-0.1, -0.05) is 6.58 Å². The van der Waals surface area contributed by atoms with Gasteiger partial charge in [-0.15, -0.1) is 0 Å². The minimum Gasteiger partial charge on any atom is -0.501 e. The molecule has 1 rings (SSSR count). The predicted molar refractivity (Wildman–Crippen MR) is 46.1 cm³/mol. The molecule has 0 aromatic heterocycles. The lowest BCUT2D eigenvalue weighted by Crippen LogP contribution is -2.05. The monoisotopic (exact) mass is 153 g/mol. The molecule has 0 bridgehead atoms. The van der Waals surface area contributed by atoms with Crippen molar-refractivity contribution in [3.63, 3.8) is 0 Å². The van der Waals surface area contributed by atoms with Gasteiger partial charge in [-0.25, -0.2) is 0 Å². The minimum atomic E-state index is 0.677. The van der Waals surface area contributed by atoms with E-state index >= 15 is 0 Å². The molecule has 2 N–H and O–H groups in total. The van der Waals surface area contributed by atoms with E-state index in [2.05, 4.69) is 6.58 Å². The maximum atomic E-state index is 5.41. The first-order valence-electron chi connectivity index (χ1n) is 4.03. The van der Waals surface area contributed by atoms with Crippen LogP contribution < -0.4 is 5.73 Å². The molecule has 0 amide bonds. The highest BCUT2D eigenvalue weighted by molar-refractivity contribution is 5.27. The summed E-state index contributed by atoms with van der Waals surface area (Å²) in [5.41, 5.74) is 7.78. The Labute approximate surface area is 67.7 Å². The summed E-state index contributed by atoms with van der Waals surface area (Å²) in [6.45, 7) is 5.46. The fourth-order valence-electron chi connectivity index (χ4n) is 1.16. The topological polar surface area (TPSA) is 35.2 Å². The fourth-order valence-corrected chi connectivity index (χ4v) is 1.16. The van der Waals surface area contributed by atoms with Crippen LogP contribution >= 0.6 is 0 Å². The van der Waals surface area contributed by atoms with E-state index in [4.69, 9.17) is 10.5 Å². The van der Waals surface area contributed by atoms with Crippen molar-refractivity contribution in [1.29, 1.82) is 0 Å². The quantitative estimate of drug-likeness (QED) is 0.668. The van der Waals surface area contributed by atoms with Crippen LogP contribution in [0.4, 0.5) is 0 Å². The molecular weight excluding hydrogens is 138 g/mol. The summed E-state index contributed by atoms with van der Waals surface area (Å²) in [4.78, 5) is 0. The molecule has 2 heteroatoms. The van der Waals surface area contributed by atoms with Gasteiger partial charge >= 0.3 is 0 Å². The van der Waals surface area contributed by atoms with E-state index in [1.165, 1.54) is 5.57 Å². The zero-order valence-corrected chi connectivity index (χ0v) is 6.81. The van der Waals surface area contributed by atoms with Crippen molar-refractivity contribution in [2.24, 2.45) is 5.73 Å². The Kier molecular flexibility index (Phi) is 3.17. The third-order valence-corrected chi connectivity index (χ3v) is 1.83. The molecule has 0 saturated heterocycles. The van der Waals surface area contributed by atoms with Crippen LogP contribution in [0.5, 0.6) is 0 Å². The second-order valence-corrected chi connectivity index (χ2v) is 2.76. The van der Waals surface area contributed by atoms with Gasteiger partial charge in [0, 0.05) is 0 Å². The van der Waals surface area contributed by atoms with Crippen LogP contribution in [0.25, 0.3) is 0 Å². The van der Waals surface area contributed by atoms with Crippen LogP contribution in [0.3, 0.4) is 0 Å². The number of hydrogen-bond acceptors (Lipinski definition) is 2. The maximum absolute atomic E-state index is 5.41. The van der Waals surface area contributed by atoms with Crippen molar-refractivity contribution < 1.29 is 4.74 Å². The molecule has 0 radical (unpaired) electrons. The third kappa shape index (κ3) is 2.39. The summed E-state index contributed by atoms with van der Waals surface area (Å²) in [6, 6.07) is 0. The largest absolute Gasteiger partial charge is 0.501 e. The summed E-state index contributed by atoms with van der Waals surface area (Å²) in [5.74, 6) is 0. The Hall–Kier alpha value is -0.760. The van der Waals surface area contributed by atoms with Crippen molar-refractivity contribution in [3.05, 3.63) is 24.0 Å². The molecule has 1 aliphatic rings. The summed E-state index contributed by atoms with van der Waals surface area (Å²) >= 11 is 0. The Bertz CT molecular complexity index is 172. The first-order chi connectivity index (χ1) is 5.34. The van der Waals surface area contributed by atoms with Crippen molar-refractivity contribution >= 4 is 0 Å². The summed E-state index contributed by atoms with van der Waals surface area (Å²) < 4.78 is 5.19. The Morgan fingerprint density at radius 2 is 2.55 bits per heavy atom. The van der Waals surface area contributed by atoms with Crippen LogP contribution in [0.1, 0.15) is 19.3 Å². The van der Waals surface area contributed by atoms with Gasteiger partial charge in [0.2, 0.25) is 0 Å². The molecule has 0 fully saturated rings. The number of rotatable bonds is 3. The van der Waals surface area contributed by atoms with Gasteiger partial charge in [0.05, 0.1) is 12.9 Å². The van der Waals surface area contributed by atoms with Crippen LogP contribution in [0.2, 0.25) is 0 Å². The van der Waals surface area contributed by atoms with E-state index in [0.29, 0.717) is 6.54 Å². The lowest BCUT2D eigenvalue weighted by Gasteiger charge is -2.14. The lowest BCUT2D eigenvalue weighted by atomic mass is 10.0. The summed E-state index contributed by atoms with van der Waals surface area (Å²) in [6.07, 6.45) is 4.91. The van der Waals surface area contributed by atoms with E-state index < -0.39 is 0 Å². The number of nitrogens with two attached hydrogens (primary N) is 1. The second-order valence-electron chi connectivity index (χ2n) is 2.76. The van der Waals surface area contributed by atoms with E-state index in [0.717, 1.165) is 31.4 Å². The highest BCUT2D eigenvalue weighted by atomic mass is 16.5. The maximum Gasteiger partial charge on any atom is 0.0876 e. The van der Waals surface area contributed by atoms with Crippen molar-refractivity contribution in [2.45, 2.75) is 19.3 Å². The van der Waals surface area contributed by atoms with Gasteiger partial charge in [0.15, 0.2) is 0 Å². The molecular formula is C9H15NO. The standard InChI is InChI=1S/C9H15NO/c1-8(4-5-10)9-3-2-6-11-7-9/h7H,1-6,10H2. The van der Waals surface area contributed by atoms with Gasteiger partial charge < -0.3 is 10.5 Å². The van der Waals surface area contributed by atoms with Crippen LogP contribution in [0.15, 0.2) is 24.0 Å². The first-order valence-corrected chi connectivity index (χ1v) is 4.03. The summed E-state index contributed by atoms with van der Waals surface area (Å²) in [7, 11) is 0. The van der Waals surface area contributed by atoms with Crippen molar-refractivity contribution in [2.75, 3.05) is 13.2 Å². The molecule has 0 aromatic carbocycles. The minimum absolute atomic E-state index is 0.677. The van der Waals surface area contributed by atoms with Gasteiger partial charge in [-0.05, 0) is 37.0 Å². The molecule has 1 aliphatic heterocycles. The molecule has 11 heavy (non-hydrogen) atoms. The molecule has 2 nitrogen and oxygen atoms in total. The molecule has 0 unspecified atom stereocenters. The Balaban J connectivity index is 2.44. The average molecular weight is 153 g/mol. The molecule has 1 heterocycles. The van der Waals surface area contributed by atoms with Gasteiger partial charge in [-0.2, -0.15) is 0 Å². The van der Waals surface area contributed by atoms with Gasteiger partial charge in [0.1, 0.15) is 0 Å². The second kappa shape index (κ2) is 4.19. The highest BCUT2D eigenvalue weighted by Crippen LogP contribution is 2.20. The zero-order chi connectivity index (χ0) is 8.10. The molecule has 62 valence electrons. The van der Waals surface area contributed by atoms with E-state index in [1.54, 1.807) is 0 Å². The van der Waals surface area contributed by atoms with E-state index in [9.17, 15) is 0 Å². The van der Waals surface area contributed by atoms with Crippen LogP contribution in [-0.4, -0.2) is 13.2 Å². The van der Waals surface area contributed by atoms with Gasteiger partial charge in [-0.3, -0.25) is 0 Å². The average Bonchev–Trinajstić information content (AvgIpc) is 2.07. The van der Waals surface area contributed by atoms with Crippen molar-refractivity contribution in [3.8, 4) is 0 Å². The predicted octanol–water partition coefficient (Wildman–Crippen LogP) is 1.59. The number of hydrogen-bond donors (Lipinski definition) is 1. The molecule has 0 atom stereocenters. The normalized spacial score (nSPS) is 17.0. The Morgan fingerprint density at radius 3 is 3.09 bits per heavy atom. The number of ether oxygens (including phenoxy) is 1. The summed E-state index contributed by atoms with van der Waals surface area (Å²) in [5, 5.41) is 0. The highest BCUT2D eigenvalue weighted by Gasteiger charge is 2.06. The zero-order valence-electron chi connectivity index (χ0n) is 6.81. The third-order valence-electron chi connectivity index (χ3n) is 1.83. The SMILES string of the molecule is C=C(CCN)C1=COCCC1. The van der Waals surface area contributed by atoms with E-state index in [-0.39, 0.29) is 0 Å². The smallest absolute Gasteiger partial charge is 0.0876 e. The fraction of sp³-hybridized carbons (Fsp3) is 0.556.